The molecule has 0 bridgehead atoms. The number of carbonyl (C=O) groups excluding carboxylic acids is 1. The van der Waals surface area contributed by atoms with Crippen LogP contribution in [0.15, 0.2) is 79.0 Å². The van der Waals surface area contributed by atoms with Crippen molar-refractivity contribution in [3.63, 3.8) is 0 Å². The Morgan fingerprint density at radius 1 is 0.786 bits per heavy atom. The zero-order valence-electron chi connectivity index (χ0n) is 15.3. The van der Waals surface area contributed by atoms with Crippen LogP contribution in [0.2, 0.25) is 0 Å². The van der Waals surface area contributed by atoms with E-state index in [4.69, 9.17) is 0 Å². The molecule has 1 amide bonds. The molecule has 4 rings (SSSR count). The van der Waals surface area contributed by atoms with Crippen LogP contribution in [-0.4, -0.2) is 15.9 Å². The van der Waals surface area contributed by atoms with Crippen molar-refractivity contribution in [3.8, 4) is 0 Å². The molecular weight excluding hydrogens is 350 g/mol. The molecule has 0 spiro atoms. The lowest BCUT2D eigenvalue weighted by molar-refractivity contribution is -0.114. The number of nitrogens with one attached hydrogen (secondary N) is 3. The summed E-state index contributed by atoms with van der Waals surface area (Å²) in [6.07, 6.45) is 1.70. The summed E-state index contributed by atoms with van der Waals surface area (Å²) in [5.74, 6) is 1.08. The van der Waals surface area contributed by atoms with Crippen molar-refractivity contribution in [1.29, 1.82) is 0 Å². The number of hydrogen-bond acceptors (Lipinski definition) is 5. The highest BCUT2D eigenvalue weighted by Gasteiger charge is 2.03. The van der Waals surface area contributed by atoms with Gasteiger partial charge in [0.25, 0.3) is 0 Å². The molecule has 0 saturated carbocycles. The van der Waals surface area contributed by atoms with Crippen LogP contribution in [0, 0.1) is 0 Å². The van der Waals surface area contributed by atoms with E-state index in [9.17, 15) is 4.79 Å². The second kappa shape index (κ2) is 7.75. The van der Waals surface area contributed by atoms with E-state index in [1.165, 1.54) is 12.3 Å². The van der Waals surface area contributed by atoms with E-state index in [1.807, 2.05) is 42.5 Å². The van der Waals surface area contributed by atoms with E-state index in [1.54, 1.807) is 12.3 Å². The molecule has 28 heavy (non-hydrogen) atoms. The molecule has 3 N–H and O–H groups in total. The van der Waals surface area contributed by atoms with Gasteiger partial charge in [0.15, 0.2) is 0 Å². The number of rotatable bonds is 5. The van der Waals surface area contributed by atoms with Gasteiger partial charge in [0, 0.05) is 30.2 Å². The first-order valence-electron chi connectivity index (χ1n) is 8.89. The molecule has 3 aromatic carbocycles. The van der Waals surface area contributed by atoms with Crippen LogP contribution in [-0.2, 0) is 4.79 Å². The molecule has 0 aliphatic heterocycles. The lowest BCUT2D eigenvalue weighted by Crippen LogP contribution is -2.05. The van der Waals surface area contributed by atoms with Crippen LogP contribution >= 0.6 is 0 Å². The molecule has 138 valence electrons. The predicted octanol–water partition coefficient (Wildman–Crippen LogP) is 5.08. The number of hydrogen-bond donors (Lipinski definition) is 3. The van der Waals surface area contributed by atoms with E-state index in [-0.39, 0.29) is 5.91 Å². The molecule has 0 aliphatic carbocycles. The van der Waals surface area contributed by atoms with Crippen molar-refractivity contribution in [3.05, 3.63) is 79.0 Å². The van der Waals surface area contributed by atoms with Gasteiger partial charge in [-0.15, -0.1) is 0 Å². The molecule has 0 aliphatic rings. The highest BCUT2D eigenvalue weighted by molar-refractivity contribution is 5.89. The third-order valence-corrected chi connectivity index (χ3v) is 4.14. The Balaban J connectivity index is 1.48. The van der Waals surface area contributed by atoms with Gasteiger partial charge in [-0.1, -0.05) is 30.3 Å². The maximum Gasteiger partial charge on any atom is 0.229 e. The van der Waals surface area contributed by atoms with Crippen molar-refractivity contribution >= 4 is 45.5 Å². The highest BCUT2D eigenvalue weighted by Crippen LogP contribution is 2.22. The highest BCUT2D eigenvalue weighted by atomic mass is 16.1. The summed E-state index contributed by atoms with van der Waals surface area (Å²) in [5.41, 5.74) is 2.54. The van der Waals surface area contributed by atoms with Gasteiger partial charge >= 0.3 is 0 Å². The molecular formula is C22H19N5O. The molecule has 0 radical (unpaired) electrons. The summed E-state index contributed by atoms with van der Waals surface area (Å²) < 4.78 is 0. The van der Waals surface area contributed by atoms with Crippen LogP contribution in [0.3, 0.4) is 0 Å². The van der Waals surface area contributed by atoms with Gasteiger partial charge in [-0.25, -0.2) is 4.98 Å². The standard InChI is InChI=1S/C22H19N5O/c1-15(28)24-18-8-10-19(11-9-18)25-21-12-13-23-22(27-21)26-20-7-6-16-4-2-3-5-17(16)14-20/h2-14H,1H3,(H,24,28)(H2,23,25,26,27). The summed E-state index contributed by atoms with van der Waals surface area (Å²) in [6.45, 7) is 1.48. The number of nitrogens with zero attached hydrogens (tertiary/aromatic N) is 2. The van der Waals surface area contributed by atoms with Crippen molar-refractivity contribution < 1.29 is 4.79 Å². The minimum absolute atomic E-state index is 0.0964. The molecule has 1 aromatic heterocycles. The van der Waals surface area contributed by atoms with Gasteiger partial charge < -0.3 is 16.0 Å². The molecule has 4 aromatic rings. The number of anilines is 5. The monoisotopic (exact) mass is 369 g/mol. The fourth-order valence-corrected chi connectivity index (χ4v) is 2.87. The van der Waals surface area contributed by atoms with Crippen LogP contribution in [0.5, 0.6) is 0 Å². The van der Waals surface area contributed by atoms with Crippen molar-refractivity contribution in [2.45, 2.75) is 6.92 Å². The lowest BCUT2D eigenvalue weighted by atomic mass is 10.1. The summed E-state index contributed by atoms with van der Waals surface area (Å²) in [7, 11) is 0. The van der Waals surface area contributed by atoms with E-state index < -0.39 is 0 Å². The Bertz CT molecular complexity index is 1130. The normalized spacial score (nSPS) is 10.5. The summed E-state index contributed by atoms with van der Waals surface area (Å²) in [5, 5.41) is 11.6. The second-order valence-corrected chi connectivity index (χ2v) is 6.34. The van der Waals surface area contributed by atoms with Gasteiger partial charge in [0.2, 0.25) is 11.9 Å². The Labute approximate surface area is 162 Å². The van der Waals surface area contributed by atoms with Crippen LogP contribution < -0.4 is 16.0 Å². The first-order valence-corrected chi connectivity index (χ1v) is 8.89. The molecule has 1 heterocycles. The van der Waals surface area contributed by atoms with Gasteiger partial charge in [-0.3, -0.25) is 4.79 Å². The van der Waals surface area contributed by atoms with Crippen molar-refractivity contribution in [1.82, 2.24) is 9.97 Å². The Morgan fingerprint density at radius 2 is 1.50 bits per heavy atom. The maximum absolute atomic E-state index is 11.1. The smallest absolute Gasteiger partial charge is 0.229 e. The molecule has 6 nitrogen and oxygen atoms in total. The fraction of sp³-hybridized carbons (Fsp3) is 0.0455. The van der Waals surface area contributed by atoms with Gasteiger partial charge in [-0.2, -0.15) is 4.98 Å². The fourth-order valence-electron chi connectivity index (χ4n) is 2.87. The van der Waals surface area contributed by atoms with Crippen LogP contribution in [0.25, 0.3) is 10.8 Å². The van der Waals surface area contributed by atoms with E-state index in [0.717, 1.165) is 22.4 Å². The lowest BCUT2D eigenvalue weighted by Gasteiger charge is -2.10. The average Bonchev–Trinajstić information content (AvgIpc) is 2.69. The summed E-state index contributed by atoms with van der Waals surface area (Å²) in [4.78, 5) is 19.9. The Hall–Kier alpha value is -3.93. The zero-order valence-corrected chi connectivity index (χ0v) is 15.3. The van der Waals surface area contributed by atoms with E-state index in [0.29, 0.717) is 11.8 Å². The second-order valence-electron chi connectivity index (χ2n) is 6.34. The minimum Gasteiger partial charge on any atom is -0.340 e. The third kappa shape index (κ3) is 4.24. The molecule has 0 unspecified atom stereocenters. The first-order chi connectivity index (χ1) is 13.7. The molecule has 0 atom stereocenters. The van der Waals surface area contributed by atoms with E-state index >= 15 is 0 Å². The van der Waals surface area contributed by atoms with Gasteiger partial charge in [-0.05, 0) is 53.2 Å². The molecule has 6 heteroatoms. The van der Waals surface area contributed by atoms with Gasteiger partial charge in [0.1, 0.15) is 5.82 Å². The first kappa shape index (κ1) is 17.5. The summed E-state index contributed by atoms with van der Waals surface area (Å²) >= 11 is 0. The molecule has 0 saturated heterocycles. The SMILES string of the molecule is CC(=O)Nc1ccc(Nc2ccnc(Nc3ccc4ccccc4c3)n2)cc1. The van der Waals surface area contributed by atoms with E-state index in [2.05, 4.69) is 50.2 Å². The number of fused-ring (bicyclic) bond motifs is 1. The summed E-state index contributed by atoms with van der Waals surface area (Å²) in [6, 6.07) is 23.6. The minimum atomic E-state index is -0.0964. The Morgan fingerprint density at radius 3 is 2.29 bits per heavy atom. The number of carbonyl (C=O) groups is 1. The maximum atomic E-state index is 11.1. The predicted molar refractivity (Wildman–Crippen MR) is 113 cm³/mol. The number of aromatic nitrogens is 2. The number of amides is 1. The van der Waals surface area contributed by atoms with Crippen LogP contribution in [0.1, 0.15) is 6.92 Å². The third-order valence-electron chi connectivity index (χ3n) is 4.14. The Kier molecular flexibility index (Phi) is 4.84. The molecule has 0 fully saturated rings. The van der Waals surface area contributed by atoms with Crippen molar-refractivity contribution in [2.75, 3.05) is 16.0 Å². The quantitative estimate of drug-likeness (QED) is 0.457. The zero-order chi connectivity index (χ0) is 19.3. The van der Waals surface area contributed by atoms with Crippen molar-refractivity contribution in [2.24, 2.45) is 0 Å². The average molecular weight is 369 g/mol. The largest absolute Gasteiger partial charge is 0.340 e. The topological polar surface area (TPSA) is 78.9 Å². The van der Waals surface area contributed by atoms with Gasteiger partial charge in [0.05, 0.1) is 0 Å². The van der Waals surface area contributed by atoms with Crippen LogP contribution in [0.4, 0.5) is 28.8 Å². The number of benzene rings is 3.